The van der Waals surface area contributed by atoms with Crippen LogP contribution >= 0.6 is 0 Å². The van der Waals surface area contributed by atoms with Crippen LogP contribution in [0.25, 0.3) is 33.4 Å². The lowest BCUT2D eigenvalue weighted by Crippen LogP contribution is -2.48. The van der Waals surface area contributed by atoms with Gasteiger partial charge in [-0.15, -0.1) is 0 Å². The summed E-state index contributed by atoms with van der Waals surface area (Å²) in [6.45, 7) is 3.50. The second-order valence-corrected chi connectivity index (χ2v) is 12.3. The summed E-state index contributed by atoms with van der Waals surface area (Å²) in [4.78, 5) is 21.6. The molecule has 41 heavy (non-hydrogen) atoms. The molecule has 2 aromatic heterocycles. The Morgan fingerprint density at radius 2 is 1.68 bits per heavy atom. The minimum absolute atomic E-state index is 0.0835. The molecule has 11 heteroatoms. The lowest BCUT2D eigenvalue weighted by atomic mass is 10.0. The number of para-hydroxylation sites is 1. The van der Waals surface area contributed by atoms with Crippen molar-refractivity contribution in [2.45, 2.75) is 11.4 Å². The Morgan fingerprint density at radius 3 is 2.44 bits per heavy atom. The number of fused-ring (bicyclic) bond motifs is 1. The third-order valence-corrected chi connectivity index (χ3v) is 8.35. The van der Waals surface area contributed by atoms with E-state index >= 15 is 0 Å². The summed E-state index contributed by atoms with van der Waals surface area (Å²) >= 11 is 0. The van der Waals surface area contributed by atoms with Crippen LogP contribution in [0.1, 0.15) is 0 Å². The van der Waals surface area contributed by atoms with Crippen molar-refractivity contribution in [3.05, 3.63) is 79.1 Å². The van der Waals surface area contributed by atoms with E-state index in [4.69, 9.17) is 4.42 Å². The van der Waals surface area contributed by atoms with Crippen LogP contribution in [0.3, 0.4) is 0 Å². The number of hydrogen-bond acceptors (Lipinski definition) is 8. The van der Waals surface area contributed by atoms with Gasteiger partial charge in [-0.05, 0) is 42.4 Å². The number of hydrogen-bond donors (Lipinski definition) is 1. The molecule has 210 valence electrons. The van der Waals surface area contributed by atoms with Crippen molar-refractivity contribution in [3.8, 4) is 22.3 Å². The molecule has 6 rings (SSSR count). The summed E-state index contributed by atoms with van der Waals surface area (Å²) in [5.74, 6) is 0.0835. The molecule has 1 N–H and O–H groups in total. The lowest BCUT2D eigenvalue weighted by molar-refractivity contribution is -0.133. The fourth-order valence-electron chi connectivity index (χ4n) is 4.89. The first-order chi connectivity index (χ1) is 19.7. The number of sulfone groups is 1. The zero-order valence-corrected chi connectivity index (χ0v) is 23.6. The number of carbonyl (C=O) groups excluding carboxylic acids is 1. The monoisotopic (exact) mass is 570 g/mol. The molecule has 10 nitrogen and oxygen atoms in total. The van der Waals surface area contributed by atoms with Gasteiger partial charge in [0.1, 0.15) is 12.1 Å². The number of oxazole rings is 1. The van der Waals surface area contributed by atoms with Crippen LogP contribution in [0.4, 0.5) is 11.7 Å². The molecular formula is C30H30N6O4S. The predicted molar refractivity (Wildman–Crippen MR) is 158 cm³/mol. The molecule has 0 unspecified atom stereocenters. The van der Waals surface area contributed by atoms with Crippen LogP contribution in [0.5, 0.6) is 0 Å². The first kappa shape index (κ1) is 26.7. The topological polar surface area (TPSA) is 114 Å². The smallest absolute Gasteiger partial charge is 0.300 e. The Bertz CT molecular complexity index is 1820. The minimum Gasteiger partial charge on any atom is -0.423 e. The molecule has 0 saturated carbocycles. The van der Waals surface area contributed by atoms with E-state index in [1.165, 1.54) is 6.26 Å². The van der Waals surface area contributed by atoms with Gasteiger partial charge in [0, 0.05) is 55.4 Å². The maximum absolute atomic E-state index is 12.7. The second-order valence-electron chi connectivity index (χ2n) is 10.3. The molecule has 3 aromatic carbocycles. The van der Waals surface area contributed by atoms with Gasteiger partial charge in [-0.1, -0.05) is 42.5 Å². The van der Waals surface area contributed by atoms with Crippen LogP contribution in [0.2, 0.25) is 0 Å². The van der Waals surface area contributed by atoms with Crippen LogP contribution in [-0.2, 0) is 21.2 Å². The molecule has 0 bridgehead atoms. The fraction of sp³-hybridized carbons (Fsp3) is 0.233. The summed E-state index contributed by atoms with van der Waals surface area (Å²) in [7, 11) is -1.27. The number of carbonyl (C=O) groups is 1. The van der Waals surface area contributed by atoms with Crippen molar-refractivity contribution in [1.29, 1.82) is 0 Å². The third kappa shape index (κ3) is 5.86. The summed E-state index contributed by atoms with van der Waals surface area (Å²) in [6, 6.07) is 20.6. The maximum atomic E-state index is 12.7. The predicted octanol–water partition coefficient (Wildman–Crippen LogP) is 4.28. The van der Waals surface area contributed by atoms with Gasteiger partial charge >= 0.3 is 0 Å². The average molecular weight is 571 g/mol. The van der Waals surface area contributed by atoms with E-state index in [0.717, 1.165) is 48.4 Å². The van der Waals surface area contributed by atoms with Crippen LogP contribution in [0.15, 0.2) is 88.4 Å². The summed E-state index contributed by atoms with van der Waals surface area (Å²) in [5, 5.41) is 7.49. The molecule has 0 atom stereocenters. The van der Waals surface area contributed by atoms with E-state index in [0.29, 0.717) is 16.8 Å². The largest absolute Gasteiger partial charge is 0.423 e. The fourth-order valence-corrected chi connectivity index (χ4v) is 5.56. The molecule has 1 saturated heterocycles. The van der Waals surface area contributed by atoms with Crippen molar-refractivity contribution in [2.24, 2.45) is 0 Å². The van der Waals surface area contributed by atoms with E-state index in [9.17, 15) is 13.2 Å². The van der Waals surface area contributed by atoms with Gasteiger partial charge in [0.15, 0.2) is 15.4 Å². The first-order valence-electron chi connectivity index (χ1n) is 13.3. The van der Waals surface area contributed by atoms with Crippen molar-refractivity contribution >= 4 is 38.5 Å². The zero-order chi connectivity index (χ0) is 28.6. The molecule has 0 aliphatic carbocycles. The van der Waals surface area contributed by atoms with Gasteiger partial charge in [-0.2, -0.15) is 10.1 Å². The molecule has 1 fully saturated rings. The number of aromatic nitrogens is 3. The number of piperazine rings is 1. The highest BCUT2D eigenvalue weighted by Gasteiger charge is 2.20. The van der Waals surface area contributed by atoms with E-state index in [-0.39, 0.29) is 23.4 Å². The van der Waals surface area contributed by atoms with Crippen molar-refractivity contribution in [1.82, 2.24) is 24.6 Å². The van der Waals surface area contributed by atoms with Gasteiger partial charge in [-0.25, -0.2) is 8.42 Å². The van der Waals surface area contributed by atoms with Crippen LogP contribution < -0.4 is 5.32 Å². The van der Waals surface area contributed by atoms with Gasteiger partial charge in [0.25, 0.3) is 6.01 Å². The number of anilines is 2. The Morgan fingerprint density at radius 1 is 0.951 bits per heavy atom. The van der Waals surface area contributed by atoms with Crippen molar-refractivity contribution < 1.29 is 17.6 Å². The van der Waals surface area contributed by atoms with Gasteiger partial charge in [0.2, 0.25) is 5.91 Å². The van der Waals surface area contributed by atoms with Crippen LogP contribution in [0, 0.1) is 0 Å². The third-order valence-electron chi connectivity index (χ3n) is 7.24. The number of nitrogens with one attached hydrogen (secondary N) is 1. The zero-order valence-electron chi connectivity index (χ0n) is 22.8. The standard InChI is InChI=1S/C30H30N6O4S/c1-34-13-15-35(16-14-34)28(37)20-36-19-23(18-31-36)21-9-11-22(12-10-21)26-7-4-8-27-29(26)40-30(33-27)32-24-5-3-6-25(17-24)41(2,38)39/h3-12,17-19H,13-16,20H2,1-2H3,(H,32,33). The molecule has 5 aromatic rings. The molecule has 0 spiro atoms. The molecule has 1 aliphatic rings. The first-order valence-corrected chi connectivity index (χ1v) is 15.2. The lowest BCUT2D eigenvalue weighted by Gasteiger charge is -2.32. The Kier molecular flexibility index (Phi) is 7.06. The molecule has 0 radical (unpaired) electrons. The van der Waals surface area contributed by atoms with E-state index in [1.54, 1.807) is 35.1 Å². The Labute approximate surface area is 238 Å². The Balaban J connectivity index is 1.18. The number of amides is 1. The molecule has 1 aliphatic heterocycles. The SMILES string of the molecule is CN1CCN(C(=O)Cn2cc(-c3ccc(-c4cccc5nc(Nc6cccc(S(C)(=O)=O)c6)oc45)cc3)cn2)CC1. The second kappa shape index (κ2) is 10.8. The summed E-state index contributed by atoms with van der Waals surface area (Å²) in [6.07, 6.45) is 4.85. The highest BCUT2D eigenvalue weighted by Crippen LogP contribution is 2.33. The van der Waals surface area contributed by atoms with Gasteiger partial charge in [0.05, 0.1) is 11.1 Å². The number of benzene rings is 3. The van der Waals surface area contributed by atoms with Crippen molar-refractivity contribution in [2.75, 3.05) is 44.8 Å². The summed E-state index contributed by atoms with van der Waals surface area (Å²) in [5.41, 5.74) is 5.63. The average Bonchev–Trinajstić information content (AvgIpc) is 3.60. The highest BCUT2D eigenvalue weighted by molar-refractivity contribution is 7.90. The number of nitrogens with zero attached hydrogens (tertiary/aromatic N) is 5. The molecule has 3 heterocycles. The normalized spacial score (nSPS) is 14.4. The highest BCUT2D eigenvalue weighted by atomic mass is 32.2. The van der Waals surface area contributed by atoms with Gasteiger partial charge < -0.3 is 19.5 Å². The number of likely N-dealkylation sites (N-methyl/N-ethyl adjacent to an activating group) is 1. The maximum Gasteiger partial charge on any atom is 0.300 e. The van der Waals surface area contributed by atoms with Gasteiger partial charge in [-0.3, -0.25) is 9.48 Å². The van der Waals surface area contributed by atoms with Crippen molar-refractivity contribution in [3.63, 3.8) is 0 Å². The quantitative estimate of drug-likeness (QED) is 0.309. The summed E-state index contributed by atoms with van der Waals surface area (Å²) < 4.78 is 31.6. The minimum atomic E-state index is -3.33. The van der Waals surface area contributed by atoms with Crippen LogP contribution in [-0.4, -0.2) is 78.4 Å². The number of rotatable bonds is 7. The molecular weight excluding hydrogens is 540 g/mol. The Hall–Kier alpha value is -4.48. The molecule has 1 amide bonds. The van der Waals surface area contributed by atoms with E-state index < -0.39 is 9.84 Å². The van der Waals surface area contributed by atoms with E-state index in [1.807, 2.05) is 53.6 Å². The van der Waals surface area contributed by atoms with E-state index in [2.05, 4.69) is 27.3 Å².